The standard InChI is InChI=1S/C5H6N2.4C4H5N3.5C2H6.5CH4/c1-5-4-6-2-3-7-5;1-4-6-2-5-3-7-4;1-4-2-6-7-3-5-4;1-4-2-5-3-6-7-4;1-4-5-2-3-6-7-4;5*1-2;;;;;/h2-4H,1H3;4*2-3H,1H3;5*1-2H3;5*1H4. The Kier molecular flexibility index (Phi) is 94.7. The lowest BCUT2D eigenvalue weighted by Crippen LogP contribution is -1.85. The van der Waals surface area contributed by atoms with Crippen LogP contribution in [0, 0.1) is 34.6 Å². The van der Waals surface area contributed by atoms with Gasteiger partial charge in [-0.25, -0.2) is 29.9 Å². The predicted molar refractivity (Wildman–Crippen MR) is 215 cm³/mol. The highest BCUT2D eigenvalue weighted by Crippen LogP contribution is 1.81. The molecule has 5 aromatic heterocycles. The lowest BCUT2D eigenvalue weighted by Gasteiger charge is -1.81. The van der Waals surface area contributed by atoms with Crippen molar-refractivity contribution >= 4 is 0 Å². The zero-order valence-electron chi connectivity index (χ0n) is 30.1. The third-order valence-electron chi connectivity index (χ3n) is 3.13. The SMILES string of the molecule is C.C.C.C.C.CC.CC.CC.CC.CC.Cc1cnccn1.Cc1cncnn1.Cc1cnncn1.Cc1nccnn1.Cc1ncncn1. The molecule has 14 heteroatoms. The molecule has 0 aliphatic heterocycles. The van der Waals surface area contributed by atoms with Crippen molar-refractivity contribution < 1.29 is 0 Å². The van der Waals surface area contributed by atoms with Crippen LogP contribution in [0.3, 0.4) is 0 Å². The van der Waals surface area contributed by atoms with Crippen LogP contribution in [0.15, 0.2) is 68.7 Å². The molecule has 0 aromatic carbocycles. The maximum atomic E-state index is 3.92. The molecule has 0 unspecified atom stereocenters. The summed E-state index contributed by atoms with van der Waals surface area (Å²) in [6, 6.07) is 0. The number of nitrogens with zero attached hydrogens (tertiary/aromatic N) is 14. The molecule has 5 heterocycles. The molecule has 0 atom stereocenters. The van der Waals surface area contributed by atoms with Gasteiger partial charge in [0.2, 0.25) is 0 Å². The van der Waals surface area contributed by atoms with E-state index in [1.165, 1.54) is 25.3 Å². The van der Waals surface area contributed by atoms with Gasteiger partial charge in [-0.1, -0.05) is 106 Å². The first-order chi connectivity index (χ1) is 22.0. The van der Waals surface area contributed by atoms with Crippen LogP contribution < -0.4 is 0 Å². The van der Waals surface area contributed by atoms with Crippen LogP contribution in [0.5, 0.6) is 0 Å². The molecule has 0 aliphatic carbocycles. The lowest BCUT2D eigenvalue weighted by atomic mass is 10.5. The Bertz CT molecular complexity index is 910. The van der Waals surface area contributed by atoms with Crippen molar-refractivity contribution in [2.24, 2.45) is 0 Å². The van der Waals surface area contributed by atoms with Gasteiger partial charge in [0.15, 0.2) is 0 Å². The summed E-state index contributed by atoms with van der Waals surface area (Å²) in [5.74, 6) is 1.47. The molecule has 50 heavy (non-hydrogen) atoms. The minimum atomic E-state index is 0. The Morgan fingerprint density at radius 1 is 0.320 bits per heavy atom. The monoisotopic (exact) mass is 705 g/mol. The summed E-state index contributed by atoms with van der Waals surface area (Å²) in [5.41, 5.74) is 2.71. The number of aryl methyl sites for hydroxylation is 5. The highest BCUT2D eigenvalue weighted by molar-refractivity contribution is 4.89. The second kappa shape index (κ2) is 66.5. The van der Waals surface area contributed by atoms with Crippen molar-refractivity contribution in [3.8, 4) is 0 Å². The summed E-state index contributed by atoms with van der Waals surface area (Å²) in [6.45, 7) is 29.2. The molecular formula is C36H76N14. The third kappa shape index (κ3) is 62.0. The molecule has 0 fully saturated rings. The van der Waals surface area contributed by atoms with Crippen LogP contribution in [0.25, 0.3) is 0 Å². The minimum absolute atomic E-state index is 0. The van der Waals surface area contributed by atoms with Crippen molar-refractivity contribution in [3.63, 3.8) is 0 Å². The van der Waals surface area contributed by atoms with Crippen molar-refractivity contribution in [2.75, 3.05) is 0 Å². The van der Waals surface area contributed by atoms with Crippen LogP contribution >= 0.6 is 0 Å². The molecule has 0 N–H and O–H groups in total. The van der Waals surface area contributed by atoms with Gasteiger partial charge in [0.1, 0.15) is 37.0 Å². The van der Waals surface area contributed by atoms with E-state index in [4.69, 9.17) is 0 Å². The first-order valence-electron chi connectivity index (χ1n) is 15.1. The molecule has 14 nitrogen and oxygen atoms in total. The summed E-state index contributed by atoms with van der Waals surface area (Å²) in [7, 11) is 0. The van der Waals surface area contributed by atoms with Gasteiger partial charge in [-0.2, -0.15) is 15.3 Å². The Labute approximate surface area is 308 Å². The van der Waals surface area contributed by atoms with Crippen LogP contribution in [0.4, 0.5) is 0 Å². The van der Waals surface area contributed by atoms with Gasteiger partial charge in [-0.05, 0) is 34.6 Å². The van der Waals surface area contributed by atoms with Crippen molar-refractivity contribution in [3.05, 3.63) is 97.4 Å². The fourth-order valence-electron chi connectivity index (χ4n) is 1.59. The molecule has 0 radical (unpaired) electrons. The van der Waals surface area contributed by atoms with E-state index in [0.29, 0.717) is 5.82 Å². The summed E-state index contributed by atoms with van der Waals surface area (Å²) in [4.78, 5) is 30.2. The van der Waals surface area contributed by atoms with Gasteiger partial charge in [0.25, 0.3) is 0 Å². The van der Waals surface area contributed by atoms with Crippen molar-refractivity contribution in [1.29, 1.82) is 0 Å². The Morgan fingerprint density at radius 2 is 0.820 bits per heavy atom. The maximum Gasteiger partial charge on any atom is 0.147 e. The first kappa shape index (κ1) is 71.2. The normalized spacial score (nSPS) is 6.70. The van der Waals surface area contributed by atoms with Gasteiger partial charge in [-0.15, -0.1) is 15.3 Å². The average molecular weight is 705 g/mol. The molecule has 290 valence electrons. The smallest absolute Gasteiger partial charge is 0.147 e. The van der Waals surface area contributed by atoms with Crippen LogP contribution in [-0.4, -0.2) is 70.5 Å². The molecule has 0 aliphatic rings. The van der Waals surface area contributed by atoms with Crippen molar-refractivity contribution in [2.45, 2.75) is 141 Å². The molecular weight excluding hydrogens is 628 g/mol. The average Bonchev–Trinajstić information content (AvgIpc) is 3.12. The van der Waals surface area contributed by atoms with Gasteiger partial charge in [0, 0.05) is 24.8 Å². The fourth-order valence-corrected chi connectivity index (χ4v) is 1.59. The summed E-state index contributed by atoms with van der Waals surface area (Å²) < 4.78 is 0. The van der Waals surface area contributed by atoms with Crippen LogP contribution in [-0.2, 0) is 0 Å². The first-order valence-corrected chi connectivity index (χ1v) is 15.1. The second-order valence-corrected chi connectivity index (χ2v) is 6.22. The van der Waals surface area contributed by atoms with Gasteiger partial charge < -0.3 is 0 Å². The maximum absolute atomic E-state index is 3.92. The van der Waals surface area contributed by atoms with E-state index in [2.05, 4.69) is 70.5 Å². The van der Waals surface area contributed by atoms with E-state index in [0.717, 1.165) is 22.9 Å². The van der Waals surface area contributed by atoms with Crippen LogP contribution in [0.2, 0.25) is 0 Å². The van der Waals surface area contributed by atoms with Gasteiger partial charge in [-0.3, -0.25) is 9.97 Å². The number of hydrogen-bond acceptors (Lipinski definition) is 14. The van der Waals surface area contributed by atoms with E-state index < -0.39 is 0 Å². The molecule has 0 amide bonds. The zero-order chi connectivity index (χ0) is 35.6. The summed E-state index contributed by atoms with van der Waals surface area (Å²) in [6.07, 6.45) is 17.3. The molecule has 0 bridgehead atoms. The van der Waals surface area contributed by atoms with Gasteiger partial charge in [0.05, 0.1) is 35.7 Å². The molecule has 5 rings (SSSR count). The van der Waals surface area contributed by atoms with E-state index >= 15 is 0 Å². The zero-order valence-corrected chi connectivity index (χ0v) is 30.1. The number of rotatable bonds is 0. The Balaban J connectivity index is -0.0000000459. The molecule has 5 aromatic rings. The largest absolute Gasteiger partial charge is 0.261 e. The second-order valence-electron chi connectivity index (χ2n) is 6.22. The Morgan fingerprint density at radius 3 is 1.02 bits per heavy atom. The van der Waals surface area contributed by atoms with E-state index in [-0.39, 0.29) is 37.1 Å². The number of aromatic nitrogens is 14. The van der Waals surface area contributed by atoms with Crippen molar-refractivity contribution in [1.82, 2.24) is 70.5 Å². The van der Waals surface area contributed by atoms with E-state index in [1.54, 1.807) is 50.3 Å². The quantitative estimate of drug-likeness (QED) is 0.148. The minimum Gasteiger partial charge on any atom is -0.261 e. The van der Waals surface area contributed by atoms with Gasteiger partial charge >= 0.3 is 0 Å². The molecule has 0 saturated carbocycles. The highest BCUT2D eigenvalue weighted by atomic mass is 15.1. The molecule has 0 spiro atoms. The predicted octanol–water partition coefficient (Wildman–Crippen LogP) is 9.82. The summed E-state index contributed by atoms with van der Waals surface area (Å²) >= 11 is 0. The molecule has 0 saturated heterocycles. The topological polar surface area (TPSA) is 180 Å². The highest BCUT2D eigenvalue weighted by Gasteiger charge is 1.78. The van der Waals surface area contributed by atoms with Crippen LogP contribution in [0.1, 0.15) is 135 Å². The lowest BCUT2D eigenvalue weighted by molar-refractivity contribution is 0.907. The third-order valence-corrected chi connectivity index (χ3v) is 3.13. The fraction of sp³-hybridized carbons (Fsp3) is 0.556. The Hall–Kier alpha value is -4.88. The van der Waals surface area contributed by atoms with E-state index in [9.17, 15) is 0 Å². The number of hydrogen-bond donors (Lipinski definition) is 0. The van der Waals surface area contributed by atoms with E-state index in [1.807, 2.05) is 96.9 Å². The summed E-state index contributed by atoms with van der Waals surface area (Å²) in [5, 5.41) is 21.4.